The van der Waals surface area contributed by atoms with Gasteiger partial charge in [0.15, 0.2) is 0 Å². The minimum absolute atomic E-state index is 0.826. The summed E-state index contributed by atoms with van der Waals surface area (Å²) >= 11 is -0.826. The molecule has 0 heterocycles. The van der Waals surface area contributed by atoms with Crippen LogP contribution in [0.2, 0.25) is 0 Å². The van der Waals surface area contributed by atoms with E-state index in [4.69, 9.17) is 17.0 Å². The van der Waals surface area contributed by atoms with Crippen LogP contribution < -0.4 is 0 Å². The Bertz CT molecular complexity index is 338. The molecule has 2 aromatic rings. The molecule has 0 aromatic heterocycles. The Kier molecular flexibility index (Phi) is 7.85. The van der Waals surface area contributed by atoms with Gasteiger partial charge in [0, 0.05) is 0 Å². The molecule has 0 aliphatic heterocycles. The SMILES string of the molecule is [Cl][Zr][Cl].c1ccc(Cc2ccccc2)cc1. The van der Waals surface area contributed by atoms with E-state index in [0.717, 1.165) is 6.42 Å². The van der Waals surface area contributed by atoms with Gasteiger partial charge in [0.1, 0.15) is 0 Å². The summed E-state index contributed by atoms with van der Waals surface area (Å²) < 4.78 is 0. The summed E-state index contributed by atoms with van der Waals surface area (Å²) in [5.41, 5.74) is 2.74. The van der Waals surface area contributed by atoms with Gasteiger partial charge in [-0.25, -0.2) is 0 Å². The zero-order valence-electron chi connectivity index (χ0n) is 8.74. The van der Waals surface area contributed by atoms with Crippen molar-refractivity contribution in [2.45, 2.75) is 6.42 Å². The molecule has 0 fully saturated rings. The molecule has 0 N–H and O–H groups in total. The third kappa shape index (κ3) is 5.84. The molecule has 0 aliphatic carbocycles. The van der Waals surface area contributed by atoms with Gasteiger partial charge in [0.25, 0.3) is 0 Å². The molecule has 0 spiro atoms. The fraction of sp³-hybridized carbons (Fsp3) is 0.0769. The zero-order valence-corrected chi connectivity index (χ0v) is 12.7. The number of hydrogen-bond donors (Lipinski definition) is 0. The first-order valence-corrected chi connectivity index (χ1v) is 11.2. The van der Waals surface area contributed by atoms with Crippen LogP contribution in [0.15, 0.2) is 60.7 Å². The van der Waals surface area contributed by atoms with E-state index in [9.17, 15) is 0 Å². The molecular weight excluding hydrogens is 318 g/mol. The monoisotopic (exact) mass is 328 g/mol. The van der Waals surface area contributed by atoms with Crippen LogP contribution in [0.1, 0.15) is 11.1 Å². The van der Waals surface area contributed by atoms with Gasteiger partial charge in [-0.05, 0) is 17.5 Å². The van der Waals surface area contributed by atoms with Crippen LogP contribution in [-0.2, 0) is 27.3 Å². The first kappa shape index (κ1) is 14.0. The Morgan fingerprint density at radius 1 is 0.688 bits per heavy atom. The summed E-state index contributed by atoms with van der Waals surface area (Å²) in [4.78, 5) is 0. The van der Waals surface area contributed by atoms with Gasteiger partial charge in [-0.2, -0.15) is 0 Å². The van der Waals surface area contributed by atoms with Gasteiger partial charge >= 0.3 is 37.9 Å². The Balaban J connectivity index is 0.000000386. The van der Waals surface area contributed by atoms with Crippen molar-refractivity contribution < 1.29 is 20.8 Å². The maximum absolute atomic E-state index is 4.93. The Labute approximate surface area is 115 Å². The Morgan fingerprint density at radius 2 is 1.00 bits per heavy atom. The molecule has 0 unspecified atom stereocenters. The number of benzene rings is 2. The third-order valence-corrected chi connectivity index (χ3v) is 2.09. The van der Waals surface area contributed by atoms with Gasteiger partial charge in [-0.15, -0.1) is 0 Å². The van der Waals surface area contributed by atoms with Crippen molar-refractivity contribution in [3.05, 3.63) is 71.8 Å². The average molecular weight is 330 g/mol. The smallest absolute Gasteiger partial charge is 0.00258 e. The van der Waals surface area contributed by atoms with Crippen molar-refractivity contribution in [2.75, 3.05) is 0 Å². The van der Waals surface area contributed by atoms with Crippen LogP contribution in [0.3, 0.4) is 0 Å². The van der Waals surface area contributed by atoms with Gasteiger partial charge in [0.2, 0.25) is 0 Å². The van der Waals surface area contributed by atoms with Gasteiger partial charge < -0.3 is 0 Å². The summed E-state index contributed by atoms with van der Waals surface area (Å²) in [5.74, 6) is 0. The van der Waals surface area contributed by atoms with Crippen LogP contribution in [-0.4, -0.2) is 0 Å². The van der Waals surface area contributed by atoms with Gasteiger partial charge in [-0.3, -0.25) is 0 Å². The zero-order chi connectivity index (χ0) is 11.6. The van der Waals surface area contributed by atoms with E-state index in [1.165, 1.54) is 11.1 Å². The number of hydrogen-bond acceptors (Lipinski definition) is 0. The van der Waals surface area contributed by atoms with Crippen LogP contribution >= 0.6 is 17.0 Å². The van der Waals surface area contributed by atoms with E-state index in [0.29, 0.717) is 0 Å². The second-order valence-electron chi connectivity index (χ2n) is 3.22. The summed E-state index contributed by atoms with van der Waals surface area (Å²) in [5, 5.41) is 0. The molecule has 0 bridgehead atoms. The molecule has 0 amide bonds. The molecule has 0 radical (unpaired) electrons. The normalized spacial score (nSPS) is 8.88. The summed E-state index contributed by atoms with van der Waals surface area (Å²) in [6.07, 6.45) is 1.03. The van der Waals surface area contributed by atoms with E-state index in [1.54, 1.807) is 0 Å². The molecule has 0 atom stereocenters. The average Bonchev–Trinajstić information content (AvgIpc) is 2.33. The standard InChI is InChI=1S/C13H12.2ClH.Zr/c1-3-7-12(8-4-1)11-13-9-5-2-6-10-13;;;/h1-10H,11H2;2*1H;/q;;;+2/p-2. The minimum atomic E-state index is -0.826. The van der Waals surface area contributed by atoms with Crippen molar-refractivity contribution in [3.8, 4) is 0 Å². The fourth-order valence-corrected chi connectivity index (χ4v) is 1.43. The quantitative estimate of drug-likeness (QED) is 0.752. The van der Waals surface area contributed by atoms with E-state index in [2.05, 4.69) is 60.7 Å². The summed E-state index contributed by atoms with van der Waals surface area (Å²) in [7, 11) is 9.87. The van der Waals surface area contributed by atoms with Crippen molar-refractivity contribution in [1.29, 1.82) is 0 Å². The number of rotatable bonds is 2. The van der Waals surface area contributed by atoms with Crippen molar-refractivity contribution in [3.63, 3.8) is 0 Å². The Hall–Kier alpha value is -0.0969. The molecular formula is C13H12Cl2Zr. The molecule has 2 rings (SSSR count). The summed E-state index contributed by atoms with van der Waals surface area (Å²) in [6, 6.07) is 21.1. The van der Waals surface area contributed by atoms with Gasteiger partial charge in [-0.1, -0.05) is 60.7 Å². The van der Waals surface area contributed by atoms with Crippen LogP contribution in [0, 0.1) is 0 Å². The molecule has 82 valence electrons. The first-order valence-electron chi connectivity index (χ1n) is 4.91. The first-order chi connectivity index (χ1) is 7.86. The second-order valence-corrected chi connectivity index (χ2v) is 6.95. The van der Waals surface area contributed by atoms with Crippen LogP contribution in [0.25, 0.3) is 0 Å². The van der Waals surface area contributed by atoms with Gasteiger partial charge in [0.05, 0.1) is 0 Å². The van der Waals surface area contributed by atoms with E-state index in [-0.39, 0.29) is 0 Å². The molecule has 16 heavy (non-hydrogen) atoms. The van der Waals surface area contributed by atoms with Crippen LogP contribution in [0.4, 0.5) is 0 Å². The minimum Gasteiger partial charge on any atom is -0.0622 e. The van der Waals surface area contributed by atoms with Crippen LogP contribution in [0.5, 0.6) is 0 Å². The molecule has 0 saturated heterocycles. The largest absolute Gasteiger partial charge is 0.0622 e. The maximum Gasteiger partial charge on any atom is -0.00258 e. The number of halogens is 2. The Morgan fingerprint density at radius 3 is 1.31 bits per heavy atom. The topological polar surface area (TPSA) is 0 Å². The summed E-state index contributed by atoms with van der Waals surface area (Å²) in [6.45, 7) is 0. The van der Waals surface area contributed by atoms with E-state index >= 15 is 0 Å². The van der Waals surface area contributed by atoms with Crippen molar-refractivity contribution in [2.24, 2.45) is 0 Å². The predicted octanol–water partition coefficient (Wildman–Crippen LogP) is 4.65. The third-order valence-electron chi connectivity index (χ3n) is 2.09. The van der Waals surface area contributed by atoms with Crippen molar-refractivity contribution in [1.82, 2.24) is 0 Å². The molecule has 0 aliphatic rings. The molecule has 3 heteroatoms. The van der Waals surface area contributed by atoms with E-state index in [1.807, 2.05) is 0 Å². The fourth-order valence-electron chi connectivity index (χ4n) is 1.43. The van der Waals surface area contributed by atoms with Crippen molar-refractivity contribution >= 4 is 17.0 Å². The predicted molar refractivity (Wildman–Crippen MR) is 67.4 cm³/mol. The molecule has 0 saturated carbocycles. The molecule has 2 aromatic carbocycles. The second kappa shape index (κ2) is 8.99. The molecule has 0 nitrogen and oxygen atoms in total. The maximum atomic E-state index is 4.93. The van der Waals surface area contributed by atoms with E-state index < -0.39 is 20.8 Å².